The van der Waals surface area contributed by atoms with Crippen LogP contribution in [0.25, 0.3) is 11.1 Å². The molecule has 1 aromatic carbocycles. The lowest BCUT2D eigenvalue weighted by molar-refractivity contribution is 1.10. The smallest absolute Gasteiger partial charge is 0.248 e. The molecule has 0 fully saturated rings. The number of aromatic amines is 1. The van der Waals surface area contributed by atoms with Gasteiger partial charge in [0.25, 0.3) is 0 Å². The molecule has 3 rings (SSSR count). The van der Waals surface area contributed by atoms with E-state index in [9.17, 15) is 0 Å². The number of nitrogens with one attached hydrogen (secondary N) is 2. The van der Waals surface area contributed by atoms with Crippen LogP contribution in [0.5, 0.6) is 0 Å². The van der Waals surface area contributed by atoms with E-state index in [1.165, 1.54) is 0 Å². The molecule has 0 radical (unpaired) electrons. The molecule has 6 nitrogen and oxygen atoms in total. The number of halogens is 2. The number of hydrogen-bond donors (Lipinski definition) is 3. The van der Waals surface area contributed by atoms with Crippen LogP contribution in [-0.2, 0) is 0 Å². The van der Waals surface area contributed by atoms with Gasteiger partial charge in [-0.3, -0.25) is 4.98 Å². The fraction of sp³-hybridized carbons (Fsp3) is 0. The van der Waals surface area contributed by atoms with Crippen molar-refractivity contribution in [3.63, 3.8) is 0 Å². The molecule has 0 bridgehead atoms. The Hall–Kier alpha value is -2.31. The van der Waals surface area contributed by atoms with Crippen molar-refractivity contribution in [2.45, 2.75) is 0 Å². The molecule has 2 aromatic heterocycles. The lowest BCUT2D eigenvalue weighted by Crippen LogP contribution is -1.94. The monoisotopic (exact) mass is 320 g/mol. The zero-order valence-electron chi connectivity index (χ0n) is 10.6. The fourth-order valence-corrected chi connectivity index (χ4v) is 2.60. The molecule has 0 unspecified atom stereocenters. The van der Waals surface area contributed by atoms with E-state index in [0.29, 0.717) is 21.7 Å². The predicted molar refractivity (Wildman–Crippen MR) is 83.8 cm³/mol. The van der Waals surface area contributed by atoms with Gasteiger partial charge in [0.05, 0.1) is 10.0 Å². The minimum absolute atomic E-state index is 0.224. The predicted octanol–water partition coefficient (Wildman–Crippen LogP) is 3.50. The molecular weight excluding hydrogens is 311 g/mol. The third-order valence-corrected chi connectivity index (χ3v) is 3.35. The van der Waals surface area contributed by atoms with Gasteiger partial charge in [0, 0.05) is 29.2 Å². The number of nitrogens with zero attached hydrogens (tertiary/aromatic N) is 3. The summed E-state index contributed by atoms with van der Waals surface area (Å²) in [6.07, 6.45) is 3.39. The number of H-pyrrole nitrogens is 1. The summed E-state index contributed by atoms with van der Waals surface area (Å²) < 4.78 is 0. The highest BCUT2D eigenvalue weighted by molar-refractivity contribution is 6.39. The third-order valence-electron chi connectivity index (χ3n) is 2.75. The molecule has 106 valence electrons. The molecular formula is C13H10Cl2N6. The quantitative estimate of drug-likeness (QED) is 0.686. The first-order valence-corrected chi connectivity index (χ1v) is 6.73. The van der Waals surface area contributed by atoms with Crippen LogP contribution in [0.2, 0.25) is 10.0 Å². The van der Waals surface area contributed by atoms with Crippen LogP contribution >= 0.6 is 23.2 Å². The zero-order chi connectivity index (χ0) is 14.8. The van der Waals surface area contributed by atoms with Gasteiger partial charge in [0.15, 0.2) is 0 Å². The highest BCUT2D eigenvalue weighted by Gasteiger charge is 2.11. The van der Waals surface area contributed by atoms with Gasteiger partial charge in [-0.05, 0) is 18.2 Å². The Kier molecular flexibility index (Phi) is 3.64. The maximum absolute atomic E-state index is 6.32. The molecule has 0 aliphatic heterocycles. The Morgan fingerprint density at radius 3 is 2.52 bits per heavy atom. The first-order chi connectivity index (χ1) is 10.1. The van der Waals surface area contributed by atoms with Gasteiger partial charge in [-0.2, -0.15) is 4.98 Å². The number of nitrogen functional groups attached to an aromatic ring is 1. The molecule has 8 heteroatoms. The average molecular weight is 321 g/mol. The van der Waals surface area contributed by atoms with E-state index >= 15 is 0 Å². The van der Waals surface area contributed by atoms with Crippen molar-refractivity contribution in [2.75, 3.05) is 11.1 Å². The summed E-state index contributed by atoms with van der Waals surface area (Å²) in [6.45, 7) is 0. The van der Waals surface area contributed by atoms with E-state index in [2.05, 4.69) is 25.5 Å². The molecule has 0 aliphatic rings. The average Bonchev–Trinajstić information content (AvgIpc) is 2.84. The van der Waals surface area contributed by atoms with E-state index in [1.54, 1.807) is 24.5 Å². The van der Waals surface area contributed by atoms with Gasteiger partial charge in [-0.25, -0.2) is 5.10 Å². The van der Waals surface area contributed by atoms with Crippen molar-refractivity contribution in [1.82, 2.24) is 20.2 Å². The molecule has 4 N–H and O–H groups in total. The highest BCUT2D eigenvalue weighted by Crippen LogP contribution is 2.37. The minimum Gasteiger partial charge on any atom is -0.368 e. The van der Waals surface area contributed by atoms with E-state index in [-0.39, 0.29) is 5.95 Å². The number of rotatable bonds is 3. The maximum atomic E-state index is 6.32. The minimum atomic E-state index is 0.224. The van der Waals surface area contributed by atoms with E-state index in [1.807, 2.05) is 12.1 Å². The normalized spacial score (nSPS) is 10.6. The number of hydrogen-bond acceptors (Lipinski definition) is 5. The van der Waals surface area contributed by atoms with Gasteiger partial charge >= 0.3 is 0 Å². The second-order valence-corrected chi connectivity index (χ2v) is 5.04. The first kappa shape index (κ1) is 13.7. The van der Waals surface area contributed by atoms with Gasteiger partial charge in [0.2, 0.25) is 11.9 Å². The topological polar surface area (TPSA) is 92.5 Å². The summed E-state index contributed by atoms with van der Waals surface area (Å²) >= 11 is 12.6. The van der Waals surface area contributed by atoms with Crippen molar-refractivity contribution >= 4 is 40.8 Å². The molecule has 2 heterocycles. The Bertz CT molecular complexity index is 748. The second kappa shape index (κ2) is 5.59. The Balaban J connectivity index is 1.96. The largest absolute Gasteiger partial charge is 0.368 e. The molecule has 3 aromatic rings. The van der Waals surface area contributed by atoms with E-state index in [0.717, 1.165) is 11.1 Å². The number of aromatic nitrogens is 4. The standard InChI is InChI=1S/C13H10Cl2N6/c14-9-4-8(18-13-19-12(16)20-21-13)5-10(15)11(9)7-2-1-3-17-6-7/h1-6H,(H4,16,18,19,20,21). The molecule has 0 atom stereocenters. The van der Waals surface area contributed by atoms with Crippen LogP contribution < -0.4 is 11.1 Å². The van der Waals surface area contributed by atoms with Crippen LogP contribution in [0.4, 0.5) is 17.6 Å². The second-order valence-electron chi connectivity index (χ2n) is 4.23. The summed E-state index contributed by atoms with van der Waals surface area (Å²) in [7, 11) is 0. The summed E-state index contributed by atoms with van der Waals surface area (Å²) in [5.74, 6) is 0.565. The molecule has 0 saturated carbocycles. The van der Waals surface area contributed by atoms with Gasteiger partial charge in [0.1, 0.15) is 0 Å². The van der Waals surface area contributed by atoms with Crippen molar-refractivity contribution in [2.24, 2.45) is 0 Å². The van der Waals surface area contributed by atoms with Crippen LogP contribution in [0.15, 0.2) is 36.7 Å². The van der Waals surface area contributed by atoms with Crippen LogP contribution in [0, 0.1) is 0 Å². The number of pyridine rings is 1. The van der Waals surface area contributed by atoms with Crippen molar-refractivity contribution in [3.05, 3.63) is 46.7 Å². The Morgan fingerprint density at radius 1 is 1.19 bits per heavy atom. The molecule has 21 heavy (non-hydrogen) atoms. The Morgan fingerprint density at radius 2 is 1.95 bits per heavy atom. The lowest BCUT2D eigenvalue weighted by atomic mass is 10.1. The van der Waals surface area contributed by atoms with Crippen LogP contribution in [0.3, 0.4) is 0 Å². The third kappa shape index (κ3) is 2.91. The summed E-state index contributed by atoms with van der Waals surface area (Å²) in [6, 6.07) is 7.19. The molecule has 0 spiro atoms. The molecule has 0 aliphatic carbocycles. The summed E-state index contributed by atoms with van der Waals surface area (Å²) in [5, 5.41) is 10.4. The van der Waals surface area contributed by atoms with Gasteiger partial charge < -0.3 is 11.1 Å². The van der Waals surface area contributed by atoms with Gasteiger partial charge in [-0.15, -0.1) is 5.10 Å². The van der Waals surface area contributed by atoms with Crippen LogP contribution in [-0.4, -0.2) is 20.2 Å². The zero-order valence-corrected chi connectivity index (χ0v) is 12.2. The number of benzene rings is 1. The lowest BCUT2D eigenvalue weighted by Gasteiger charge is -2.10. The van der Waals surface area contributed by atoms with E-state index < -0.39 is 0 Å². The summed E-state index contributed by atoms with van der Waals surface area (Å²) in [4.78, 5) is 8.02. The molecule has 0 saturated heterocycles. The van der Waals surface area contributed by atoms with Crippen molar-refractivity contribution < 1.29 is 0 Å². The summed E-state index contributed by atoms with van der Waals surface area (Å²) in [5.41, 5.74) is 7.70. The number of anilines is 3. The van der Waals surface area contributed by atoms with Crippen molar-refractivity contribution in [1.29, 1.82) is 0 Å². The van der Waals surface area contributed by atoms with E-state index in [4.69, 9.17) is 28.9 Å². The van der Waals surface area contributed by atoms with Crippen molar-refractivity contribution in [3.8, 4) is 11.1 Å². The Labute approximate surface area is 130 Å². The first-order valence-electron chi connectivity index (χ1n) is 5.98. The SMILES string of the molecule is Nc1nc(Nc2cc(Cl)c(-c3cccnc3)c(Cl)c2)n[nH]1. The maximum Gasteiger partial charge on any atom is 0.248 e. The number of nitrogens with two attached hydrogens (primary N) is 1. The molecule has 0 amide bonds. The highest BCUT2D eigenvalue weighted by atomic mass is 35.5. The van der Waals surface area contributed by atoms with Crippen LogP contribution in [0.1, 0.15) is 0 Å². The fourth-order valence-electron chi connectivity index (χ4n) is 1.89. The van der Waals surface area contributed by atoms with Gasteiger partial charge in [-0.1, -0.05) is 29.3 Å².